The Bertz CT molecular complexity index is 434. The second-order valence-corrected chi connectivity index (χ2v) is 7.43. The molecule has 2 N–H and O–H groups in total. The van der Waals surface area contributed by atoms with Gasteiger partial charge in [-0.25, -0.2) is 4.99 Å². The van der Waals surface area contributed by atoms with E-state index in [1.165, 1.54) is 4.88 Å². The van der Waals surface area contributed by atoms with Crippen molar-refractivity contribution in [3.05, 3.63) is 22.4 Å². The minimum Gasteiger partial charge on any atom is -0.381 e. The summed E-state index contributed by atoms with van der Waals surface area (Å²) in [7, 11) is 0. The maximum atomic E-state index is 5.49. The molecule has 0 saturated carbocycles. The highest BCUT2D eigenvalue weighted by Gasteiger charge is 2.31. The lowest BCUT2D eigenvalue weighted by molar-refractivity contribution is 0.0783. The summed E-state index contributed by atoms with van der Waals surface area (Å²) in [5, 5.41) is 8.93. The quantitative estimate of drug-likeness (QED) is 0.393. The molecule has 2 rings (SSSR count). The molecule has 1 saturated heterocycles. The minimum absolute atomic E-state index is 0. The predicted molar refractivity (Wildman–Crippen MR) is 109 cm³/mol. The number of ether oxygens (including phenoxy) is 1. The van der Waals surface area contributed by atoms with Crippen molar-refractivity contribution in [3.63, 3.8) is 0 Å². The van der Waals surface area contributed by atoms with Crippen molar-refractivity contribution in [1.82, 2.24) is 10.6 Å². The molecule has 0 aromatic carbocycles. The van der Waals surface area contributed by atoms with Gasteiger partial charge in [0.25, 0.3) is 0 Å². The first-order valence-electron chi connectivity index (χ1n) is 7.45. The molecule has 0 amide bonds. The molecule has 1 aliphatic heterocycles. The van der Waals surface area contributed by atoms with E-state index in [9.17, 15) is 0 Å². The van der Waals surface area contributed by atoms with Crippen LogP contribution in [0.4, 0.5) is 0 Å². The molecule has 1 aliphatic rings. The van der Waals surface area contributed by atoms with Gasteiger partial charge in [-0.3, -0.25) is 0 Å². The molecule has 1 aromatic heterocycles. The van der Waals surface area contributed by atoms with Crippen LogP contribution in [0, 0.1) is 0 Å². The molecule has 1 aromatic rings. The maximum Gasteiger partial charge on any atom is 0.191 e. The number of hydrogen-bond donors (Lipinski definition) is 2. The van der Waals surface area contributed by atoms with Crippen LogP contribution < -0.4 is 10.6 Å². The van der Waals surface area contributed by atoms with Crippen LogP contribution in [0.5, 0.6) is 0 Å². The molecule has 0 radical (unpaired) electrons. The lowest BCUT2D eigenvalue weighted by Crippen LogP contribution is -2.47. The summed E-state index contributed by atoms with van der Waals surface area (Å²) in [5.41, 5.74) is 0. The average Bonchev–Trinajstić information content (AvgIpc) is 3.04. The monoisotopic (exact) mass is 455 g/mol. The topological polar surface area (TPSA) is 45.7 Å². The lowest BCUT2D eigenvalue weighted by Gasteiger charge is -2.36. The SMILES string of the molecule is CCNC(=NCc1cccs1)NCC1(SC)CCOCC1.I. The zero-order chi connectivity index (χ0) is 15.0. The first kappa shape index (κ1) is 20.1. The standard InChI is InChI=1S/C15H25N3OS2.HI/c1-3-16-14(17-11-13-5-4-10-21-13)18-12-15(20-2)6-8-19-9-7-15;/h4-5,10H,3,6-9,11-12H2,1-2H3,(H2,16,17,18);1H. The summed E-state index contributed by atoms with van der Waals surface area (Å²) in [6, 6.07) is 4.19. The van der Waals surface area contributed by atoms with E-state index in [0.717, 1.165) is 51.6 Å². The number of nitrogens with one attached hydrogen (secondary N) is 2. The molecule has 0 spiro atoms. The Labute approximate surface area is 158 Å². The number of rotatable bonds is 6. The summed E-state index contributed by atoms with van der Waals surface area (Å²) >= 11 is 3.70. The van der Waals surface area contributed by atoms with Gasteiger partial charge in [-0.2, -0.15) is 11.8 Å². The fourth-order valence-corrected chi connectivity index (χ4v) is 3.76. The van der Waals surface area contributed by atoms with Gasteiger partial charge in [0, 0.05) is 35.9 Å². The van der Waals surface area contributed by atoms with Crippen LogP contribution in [0.15, 0.2) is 22.5 Å². The summed E-state index contributed by atoms with van der Waals surface area (Å²) in [6.07, 6.45) is 4.40. The van der Waals surface area contributed by atoms with Crippen LogP contribution in [0.2, 0.25) is 0 Å². The molecule has 1 fully saturated rings. The summed E-state index contributed by atoms with van der Waals surface area (Å²) in [4.78, 5) is 5.96. The average molecular weight is 455 g/mol. The van der Waals surface area contributed by atoms with Crippen LogP contribution in [0.1, 0.15) is 24.6 Å². The molecule has 22 heavy (non-hydrogen) atoms. The second kappa shape index (κ2) is 10.7. The number of thiophene rings is 1. The van der Waals surface area contributed by atoms with Gasteiger partial charge >= 0.3 is 0 Å². The van der Waals surface area contributed by atoms with E-state index in [4.69, 9.17) is 4.74 Å². The maximum absolute atomic E-state index is 5.49. The van der Waals surface area contributed by atoms with Crippen molar-refractivity contribution in [2.75, 3.05) is 32.6 Å². The highest BCUT2D eigenvalue weighted by atomic mass is 127. The molecular formula is C15H26IN3OS2. The van der Waals surface area contributed by atoms with E-state index >= 15 is 0 Å². The lowest BCUT2D eigenvalue weighted by atomic mass is 9.99. The molecule has 0 bridgehead atoms. The van der Waals surface area contributed by atoms with Crippen molar-refractivity contribution >= 4 is 53.0 Å². The Morgan fingerprint density at radius 2 is 2.18 bits per heavy atom. The van der Waals surface area contributed by atoms with Gasteiger partial charge in [-0.1, -0.05) is 6.07 Å². The largest absolute Gasteiger partial charge is 0.381 e. The fraction of sp³-hybridized carbons (Fsp3) is 0.667. The van der Waals surface area contributed by atoms with Crippen LogP contribution in [-0.4, -0.2) is 43.3 Å². The molecule has 4 nitrogen and oxygen atoms in total. The van der Waals surface area contributed by atoms with Gasteiger partial charge in [-0.15, -0.1) is 35.3 Å². The Morgan fingerprint density at radius 1 is 1.41 bits per heavy atom. The van der Waals surface area contributed by atoms with E-state index in [1.807, 2.05) is 11.8 Å². The Balaban J connectivity index is 0.00000242. The summed E-state index contributed by atoms with van der Waals surface area (Å²) in [6.45, 7) is 6.39. The van der Waals surface area contributed by atoms with Crippen LogP contribution in [0.25, 0.3) is 0 Å². The van der Waals surface area contributed by atoms with E-state index in [-0.39, 0.29) is 28.7 Å². The first-order chi connectivity index (χ1) is 10.3. The Hall–Kier alpha value is 0.01000. The second-order valence-electron chi connectivity index (χ2n) is 5.13. The van der Waals surface area contributed by atoms with E-state index in [1.54, 1.807) is 11.3 Å². The summed E-state index contributed by atoms with van der Waals surface area (Å²) < 4.78 is 5.77. The van der Waals surface area contributed by atoms with Crippen LogP contribution in [-0.2, 0) is 11.3 Å². The highest BCUT2D eigenvalue weighted by Crippen LogP contribution is 2.32. The van der Waals surface area contributed by atoms with E-state index in [2.05, 4.69) is 46.3 Å². The van der Waals surface area contributed by atoms with Gasteiger partial charge in [0.05, 0.1) is 6.54 Å². The van der Waals surface area contributed by atoms with Crippen LogP contribution in [0.3, 0.4) is 0 Å². The number of nitrogens with zero attached hydrogens (tertiary/aromatic N) is 1. The van der Waals surface area contributed by atoms with E-state index < -0.39 is 0 Å². The van der Waals surface area contributed by atoms with Crippen molar-refractivity contribution in [3.8, 4) is 0 Å². The van der Waals surface area contributed by atoms with Crippen molar-refractivity contribution in [2.24, 2.45) is 4.99 Å². The Kier molecular flexibility index (Phi) is 9.77. The zero-order valence-corrected chi connectivity index (χ0v) is 17.2. The number of guanidine groups is 1. The fourth-order valence-electron chi connectivity index (χ4n) is 2.34. The molecule has 0 atom stereocenters. The van der Waals surface area contributed by atoms with E-state index in [0.29, 0.717) is 0 Å². The minimum atomic E-state index is 0. The van der Waals surface area contributed by atoms with Gasteiger partial charge in [0.15, 0.2) is 5.96 Å². The van der Waals surface area contributed by atoms with Crippen molar-refractivity contribution in [1.29, 1.82) is 0 Å². The number of halogens is 1. The molecule has 0 aliphatic carbocycles. The third-order valence-corrected chi connectivity index (χ3v) is 6.01. The number of thioether (sulfide) groups is 1. The predicted octanol–water partition coefficient (Wildman–Crippen LogP) is 3.33. The Morgan fingerprint density at radius 3 is 2.77 bits per heavy atom. The molecule has 7 heteroatoms. The molecular weight excluding hydrogens is 429 g/mol. The van der Waals surface area contributed by atoms with Gasteiger partial charge in [-0.05, 0) is 37.5 Å². The molecule has 2 heterocycles. The van der Waals surface area contributed by atoms with Crippen molar-refractivity contribution < 1.29 is 4.74 Å². The third-order valence-electron chi connectivity index (χ3n) is 3.73. The summed E-state index contributed by atoms with van der Waals surface area (Å²) in [5.74, 6) is 0.908. The van der Waals surface area contributed by atoms with Crippen molar-refractivity contribution in [2.45, 2.75) is 31.1 Å². The highest BCUT2D eigenvalue weighted by molar-refractivity contribution is 14.0. The number of hydrogen-bond acceptors (Lipinski definition) is 4. The normalized spacial score (nSPS) is 17.6. The molecule has 0 unspecified atom stereocenters. The van der Waals surface area contributed by atoms with Gasteiger partial charge in [0.2, 0.25) is 0 Å². The third kappa shape index (κ3) is 6.25. The van der Waals surface area contributed by atoms with Crippen LogP contribution >= 0.6 is 47.1 Å². The zero-order valence-electron chi connectivity index (χ0n) is 13.3. The first-order valence-corrected chi connectivity index (χ1v) is 9.56. The molecule has 126 valence electrons. The van der Waals surface area contributed by atoms with Gasteiger partial charge in [0.1, 0.15) is 0 Å². The smallest absolute Gasteiger partial charge is 0.191 e. The number of aliphatic imine (C=N–C) groups is 1. The van der Waals surface area contributed by atoms with Gasteiger partial charge < -0.3 is 15.4 Å².